The lowest BCUT2D eigenvalue weighted by molar-refractivity contribution is -0.380. The fourth-order valence-corrected chi connectivity index (χ4v) is 3.12. The number of thiazole rings is 1. The molecule has 1 unspecified atom stereocenters. The van der Waals surface area contributed by atoms with E-state index in [4.69, 9.17) is 0 Å². The van der Waals surface area contributed by atoms with Crippen molar-refractivity contribution in [2.45, 2.75) is 45.6 Å². The summed E-state index contributed by atoms with van der Waals surface area (Å²) < 4.78 is 0. The second-order valence-corrected chi connectivity index (χ2v) is 6.37. The first-order valence-electron chi connectivity index (χ1n) is 5.83. The lowest BCUT2D eigenvalue weighted by Crippen LogP contribution is -2.31. The molecule has 0 aromatic carbocycles. The van der Waals surface area contributed by atoms with Gasteiger partial charge >= 0.3 is 5.00 Å². The fourth-order valence-electron chi connectivity index (χ4n) is 2.41. The maximum absolute atomic E-state index is 10.6. The van der Waals surface area contributed by atoms with Crippen LogP contribution in [0.2, 0.25) is 0 Å². The average Bonchev–Trinajstić information content (AvgIpc) is 2.64. The number of aromatic nitrogens is 1. The van der Waals surface area contributed by atoms with Crippen molar-refractivity contribution in [2.75, 3.05) is 5.32 Å². The van der Waals surface area contributed by atoms with E-state index in [9.17, 15) is 10.1 Å². The SMILES string of the molecule is CC1(C)CCCC(Nc2ncc([N+](=O)[O-])s2)C1. The molecule has 0 amide bonds. The molecular weight excluding hydrogens is 238 g/mol. The molecule has 0 spiro atoms. The topological polar surface area (TPSA) is 68.1 Å². The molecule has 0 bridgehead atoms. The van der Waals surface area contributed by atoms with Crippen LogP contribution in [0.1, 0.15) is 39.5 Å². The summed E-state index contributed by atoms with van der Waals surface area (Å²) in [4.78, 5) is 14.2. The van der Waals surface area contributed by atoms with Crippen molar-refractivity contribution >= 4 is 21.5 Å². The van der Waals surface area contributed by atoms with Gasteiger partial charge in [-0.3, -0.25) is 10.1 Å². The van der Waals surface area contributed by atoms with Crippen molar-refractivity contribution in [2.24, 2.45) is 5.41 Å². The van der Waals surface area contributed by atoms with Gasteiger partial charge in [0.2, 0.25) is 0 Å². The van der Waals surface area contributed by atoms with Crippen molar-refractivity contribution in [3.63, 3.8) is 0 Å². The van der Waals surface area contributed by atoms with Crippen LogP contribution in [0.4, 0.5) is 10.1 Å². The minimum absolute atomic E-state index is 0.0996. The Kier molecular flexibility index (Phi) is 3.33. The van der Waals surface area contributed by atoms with Gasteiger partial charge in [0.25, 0.3) is 0 Å². The zero-order valence-corrected chi connectivity index (χ0v) is 10.9. The van der Waals surface area contributed by atoms with Crippen LogP contribution in [-0.4, -0.2) is 15.9 Å². The van der Waals surface area contributed by atoms with Gasteiger partial charge in [-0.15, -0.1) is 0 Å². The predicted octanol–water partition coefficient (Wildman–Crippen LogP) is 3.43. The molecule has 1 fully saturated rings. The highest BCUT2D eigenvalue weighted by molar-refractivity contribution is 7.18. The van der Waals surface area contributed by atoms with Gasteiger partial charge in [-0.25, -0.2) is 4.98 Å². The van der Waals surface area contributed by atoms with E-state index in [1.807, 2.05) is 0 Å². The standard InChI is InChI=1S/C11H17N3O2S/c1-11(2)5-3-4-8(6-11)13-10-12-7-9(17-10)14(15)16/h7-8H,3-6H2,1-2H3,(H,12,13). The van der Waals surface area contributed by atoms with Gasteiger partial charge in [-0.2, -0.15) is 0 Å². The van der Waals surface area contributed by atoms with Crippen molar-refractivity contribution in [3.8, 4) is 0 Å². The maximum Gasteiger partial charge on any atom is 0.345 e. The molecule has 2 rings (SSSR count). The molecule has 1 aromatic heterocycles. The van der Waals surface area contributed by atoms with Crippen LogP contribution in [-0.2, 0) is 0 Å². The zero-order valence-electron chi connectivity index (χ0n) is 10.1. The number of nitro groups is 1. The molecule has 6 heteroatoms. The minimum Gasteiger partial charge on any atom is -0.359 e. The molecule has 1 atom stereocenters. The van der Waals surface area contributed by atoms with Crippen LogP contribution in [0.15, 0.2) is 6.20 Å². The highest BCUT2D eigenvalue weighted by Gasteiger charge is 2.28. The van der Waals surface area contributed by atoms with Crippen LogP contribution in [0.3, 0.4) is 0 Å². The summed E-state index contributed by atoms with van der Waals surface area (Å²) in [7, 11) is 0. The summed E-state index contributed by atoms with van der Waals surface area (Å²) in [6.45, 7) is 4.54. The first-order valence-corrected chi connectivity index (χ1v) is 6.65. The normalized spacial score (nSPS) is 23.3. The van der Waals surface area contributed by atoms with Gasteiger partial charge in [0.15, 0.2) is 5.13 Å². The Labute approximate surface area is 104 Å². The molecular formula is C11H17N3O2S. The third kappa shape index (κ3) is 3.15. The van der Waals surface area contributed by atoms with Crippen LogP contribution in [0.5, 0.6) is 0 Å². The number of rotatable bonds is 3. The highest BCUT2D eigenvalue weighted by Crippen LogP contribution is 2.37. The summed E-state index contributed by atoms with van der Waals surface area (Å²) in [5.41, 5.74) is 0.360. The van der Waals surface area contributed by atoms with Gasteiger partial charge in [0.05, 0.1) is 4.92 Å². The molecule has 5 nitrogen and oxygen atoms in total. The Morgan fingerprint density at radius 2 is 2.41 bits per heavy atom. The van der Waals surface area contributed by atoms with E-state index in [0.29, 0.717) is 16.6 Å². The molecule has 1 saturated carbocycles. The number of hydrogen-bond acceptors (Lipinski definition) is 5. The van der Waals surface area contributed by atoms with Gasteiger partial charge in [-0.05, 0) is 36.0 Å². The molecule has 1 aromatic rings. The third-order valence-corrected chi connectivity index (χ3v) is 4.09. The first-order chi connectivity index (χ1) is 7.96. The summed E-state index contributed by atoms with van der Waals surface area (Å²) >= 11 is 1.11. The Bertz CT molecular complexity index is 417. The van der Waals surface area contributed by atoms with E-state index < -0.39 is 4.92 Å². The Morgan fingerprint density at radius 1 is 1.65 bits per heavy atom. The van der Waals surface area contributed by atoms with Gasteiger partial charge < -0.3 is 5.32 Å². The van der Waals surface area contributed by atoms with E-state index in [0.717, 1.165) is 24.2 Å². The van der Waals surface area contributed by atoms with Crippen LogP contribution >= 0.6 is 11.3 Å². The van der Waals surface area contributed by atoms with Gasteiger partial charge in [-0.1, -0.05) is 20.3 Å². The second-order valence-electron chi connectivity index (χ2n) is 5.36. The molecule has 17 heavy (non-hydrogen) atoms. The first kappa shape index (κ1) is 12.3. The van der Waals surface area contributed by atoms with Gasteiger partial charge in [0, 0.05) is 6.04 Å². The Balaban J connectivity index is 1.98. The monoisotopic (exact) mass is 255 g/mol. The summed E-state index contributed by atoms with van der Waals surface area (Å²) in [6, 6.07) is 0.393. The molecule has 1 aliphatic carbocycles. The third-order valence-electron chi connectivity index (χ3n) is 3.21. The smallest absolute Gasteiger partial charge is 0.345 e. The molecule has 1 aliphatic rings. The summed E-state index contributed by atoms with van der Waals surface area (Å²) in [5.74, 6) is 0. The predicted molar refractivity (Wildman–Crippen MR) is 68.4 cm³/mol. The van der Waals surface area contributed by atoms with E-state index in [2.05, 4.69) is 24.1 Å². The molecule has 1 N–H and O–H groups in total. The second kappa shape index (κ2) is 4.60. The summed E-state index contributed by atoms with van der Waals surface area (Å²) in [5, 5.41) is 14.6. The van der Waals surface area contributed by atoms with Crippen LogP contribution < -0.4 is 5.32 Å². The molecule has 0 aliphatic heterocycles. The van der Waals surface area contributed by atoms with E-state index >= 15 is 0 Å². The fraction of sp³-hybridized carbons (Fsp3) is 0.727. The average molecular weight is 255 g/mol. The van der Waals surface area contributed by atoms with Crippen molar-refractivity contribution < 1.29 is 4.92 Å². The maximum atomic E-state index is 10.6. The highest BCUT2D eigenvalue weighted by atomic mass is 32.1. The van der Waals surface area contributed by atoms with E-state index in [-0.39, 0.29) is 5.00 Å². The number of nitrogens with one attached hydrogen (secondary N) is 1. The lowest BCUT2D eigenvalue weighted by atomic mass is 9.75. The van der Waals surface area contributed by atoms with Crippen LogP contribution in [0, 0.1) is 15.5 Å². The summed E-state index contributed by atoms with van der Waals surface area (Å²) in [6.07, 6.45) is 6.00. The minimum atomic E-state index is -0.395. The number of anilines is 1. The quantitative estimate of drug-likeness (QED) is 0.663. The largest absolute Gasteiger partial charge is 0.359 e. The Morgan fingerprint density at radius 3 is 3.00 bits per heavy atom. The van der Waals surface area contributed by atoms with Crippen molar-refractivity contribution in [3.05, 3.63) is 16.3 Å². The van der Waals surface area contributed by atoms with E-state index in [1.54, 1.807) is 0 Å². The number of nitrogens with zero attached hydrogens (tertiary/aromatic N) is 2. The molecule has 0 saturated heterocycles. The van der Waals surface area contributed by atoms with Crippen molar-refractivity contribution in [1.29, 1.82) is 0 Å². The Hall–Kier alpha value is -1.17. The zero-order chi connectivity index (χ0) is 12.5. The van der Waals surface area contributed by atoms with Gasteiger partial charge in [0.1, 0.15) is 6.20 Å². The lowest BCUT2D eigenvalue weighted by Gasteiger charge is -2.35. The molecule has 0 radical (unpaired) electrons. The van der Waals surface area contributed by atoms with E-state index in [1.165, 1.54) is 19.0 Å². The van der Waals surface area contributed by atoms with Crippen molar-refractivity contribution in [1.82, 2.24) is 4.98 Å². The van der Waals surface area contributed by atoms with Crippen LogP contribution in [0.25, 0.3) is 0 Å². The molecule has 94 valence electrons. The number of hydrogen-bond donors (Lipinski definition) is 1. The molecule has 1 heterocycles.